The van der Waals surface area contributed by atoms with E-state index in [0.29, 0.717) is 18.7 Å². The lowest BCUT2D eigenvalue weighted by Gasteiger charge is -2.26. The molecule has 1 aliphatic rings. The molecular formula is C15H14F4N4O. The number of para-hydroxylation sites is 1. The van der Waals surface area contributed by atoms with Crippen LogP contribution in [0.4, 0.5) is 28.0 Å². The molecule has 1 aromatic heterocycles. The van der Waals surface area contributed by atoms with Crippen LogP contribution in [-0.4, -0.2) is 21.6 Å². The first-order chi connectivity index (χ1) is 11.3. The molecule has 0 fully saturated rings. The fourth-order valence-corrected chi connectivity index (χ4v) is 2.68. The van der Waals surface area contributed by atoms with Crippen molar-refractivity contribution in [2.75, 3.05) is 5.32 Å². The topological polar surface area (TPSA) is 59.0 Å². The molecule has 1 aliphatic heterocycles. The Kier molecular flexibility index (Phi) is 4.16. The molecule has 5 nitrogen and oxygen atoms in total. The normalized spacial score (nSPS) is 17.2. The van der Waals surface area contributed by atoms with Gasteiger partial charge in [-0.05, 0) is 18.6 Å². The third-order valence-electron chi connectivity index (χ3n) is 3.81. The molecule has 0 saturated heterocycles. The van der Waals surface area contributed by atoms with E-state index in [-0.39, 0.29) is 12.2 Å². The molecule has 24 heavy (non-hydrogen) atoms. The van der Waals surface area contributed by atoms with E-state index < -0.39 is 29.8 Å². The number of aromatic nitrogens is 2. The number of aryl methyl sites for hydroxylation is 1. The van der Waals surface area contributed by atoms with Crippen molar-refractivity contribution in [2.45, 2.75) is 31.6 Å². The second-order valence-electron chi connectivity index (χ2n) is 5.48. The zero-order chi connectivity index (χ0) is 17.3. The van der Waals surface area contributed by atoms with E-state index in [9.17, 15) is 22.4 Å². The monoisotopic (exact) mass is 342 g/mol. The lowest BCUT2D eigenvalue weighted by atomic mass is 10.1. The Bertz CT molecular complexity index is 756. The van der Waals surface area contributed by atoms with Crippen LogP contribution in [0.15, 0.2) is 30.5 Å². The summed E-state index contributed by atoms with van der Waals surface area (Å²) in [4.78, 5) is 15.7. The SMILES string of the molecule is O=C(Nc1ccccc1F)NC1CCc2ncc(C(F)(F)F)n2C1. The number of imidazole rings is 1. The van der Waals surface area contributed by atoms with Gasteiger partial charge in [0.1, 0.15) is 17.3 Å². The number of carbonyl (C=O) groups is 1. The summed E-state index contributed by atoms with van der Waals surface area (Å²) >= 11 is 0. The van der Waals surface area contributed by atoms with Gasteiger partial charge in [-0.15, -0.1) is 0 Å². The van der Waals surface area contributed by atoms with Gasteiger partial charge >= 0.3 is 12.2 Å². The highest BCUT2D eigenvalue weighted by Crippen LogP contribution is 2.31. The Morgan fingerprint density at radius 1 is 1.29 bits per heavy atom. The number of halogens is 4. The first-order valence-electron chi connectivity index (χ1n) is 7.28. The summed E-state index contributed by atoms with van der Waals surface area (Å²) in [5.41, 5.74) is -0.830. The number of amides is 2. The predicted molar refractivity (Wildman–Crippen MR) is 77.9 cm³/mol. The third-order valence-corrected chi connectivity index (χ3v) is 3.81. The highest BCUT2D eigenvalue weighted by Gasteiger charge is 2.37. The maximum Gasteiger partial charge on any atom is 0.433 e. The van der Waals surface area contributed by atoms with Gasteiger partial charge < -0.3 is 15.2 Å². The van der Waals surface area contributed by atoms with Crippen LogP contribution in [-0.2, 0) is 19.1 Å². The molecule has 0 aliphatic carbocycles. The first-order valence-corrected chi connectivity index (χ1v) is 7.28. The van der Waals surface area contributed by atoms with Gasteiger partial charge in [0.2, 0.25) is 0 Å². The van der Waals surface area contributed by atoms with E-state index in [1.807, 2.05) is 0 Å². The maximum atomic E-state index is 13.5. The molecule has 1 unspecified atom stereocenters. The first kappa shape index (κ1) is 16.3. The number of carbonyl (C=O) groups excluding carboxylic acids is 1. The lowest BCUT2D eigenvalue weighted by Crippen LogP contribution is -2.43. The van der Waals surface area contributed by atoms with Crippen LogP contribution in [0.1, 0.15) is 17.9 Å². The van der Waals surface area contributed by atoms with Crippen LogP contribution < -0.4 is 10.6 Å². The average Bonchev–Trinajstić information content (AvgIpc) is 2.93. The Balaban J connectivity index is 1.67. The van der Waals surface area contributed by atoms with Crippen LogP contribution in [0.2, 0.25) is 0 Å². The second-order valence-corrected chi connectivity index (χ2v) is 5.48. The van der Waals surface area contributed by atoms with Crippen molar-refractivity contribution in [2.24, 2.45) is 0 Å². The van der Waals surface area contributed by atoms with E-state index in [2.05, 4.69) is 15.6 Å². The lowest BCUT2D eigenvalue weighted by molar-refractivity contribution is -0.144. The number of anilines is 1. The molecule has 1 aromatic carbocycles. The zero-order valence-corrected chi connectivity index (χ0v) is 12.4. The van der Waals surface area contributed by atoms with Crippen molar-refractivity contribution >= 4 is 11.7 Å². The van der Waals surface area contributed by atoms with Gasteiger partial charge in [-0.3, -0.25) is 0 Å². The third kappa shape index (κ3) is 3.34. The van der Waals surface area contributed by atoms with Gasteiger partial charge in [0.15, 0.2) is 0 Å². The number of urea groups is 1. The Labute approximate surface area is 134 Å². The van der Waals surface area contributed by atoms with Crippen molar-refractivity contribution in [3.8, 4) is 0 Å². The minimum Gasteiger partial charge on any atom is -0.333 e. The summed E-state index contributed by atoms with van der Waals surface area (Å²) < 4.78 is 53.3. The molecule has 0 spiro atoms. The molecule has 2 amide bonds. The highest BCUT2D eigenvalue weighted by atomic mass is 19.4. The fraction of sp³-hybridized carbons (Fsp3) is 0.333. The summed E-state index contributed by atoms with van der Waals surface area (Å²) in [6, 6.07) is 4.47. The van der Waals surface area contributed by atoms with Crippen molar-refractivity contribution in [1.29, 1.82) is 0 Å². The minimum atomic E-state index is -4.50. The number of hydrogen-bond acceptors (Lipinski definition) is 2. The van der Waals surface area contributed by atoms with Gasteiger partial charge in [-0.2, -0.15) is 13.2 Å². The van der Waals surface area contributed by atoms with E-state index >= 15 is 0 Å². The number of nitrogens with zero attached hydrogens (tertiary/aromatic N) is 2. The van der Waals surface area contributed by atoms with Crippen LogP contribution in [0.25, 0.3) is 0 Å². The number of alkyl halides is 3. The summed E-state index contributed by atoms with van der Waals surface area (Å²) in [6.07, 6.45) is -2.92. The molecule has 9 heteroatoms. The van der Waals surface area contributed by atoms with Gasteiger partial charge in [0.25, 0.3) is 0 Å². The van der Waals surface area contributed by atoms with Gasteiger partial charge in [-0.25, -0.2) is 14.2 Å². The van der Waals surface area contributed by atoms with Crippen molar-refractivity contribution in [1.82, 2.24) is 14.9 Å². The Hall–Kier alpha value is -2.58. The standard InChI is InChI=1S/C15H14F4N4O/c16-10-3-1-2-4-11(10)22-14(24)21-9-5-6-13-20-7-12(15(17,18)19)23(13)8-9/h1-4,7,9H,5-6,8H2,(H2,21,22,24). The second kappa shape index (κ2) is 6.14. The molecule has 2 aromatic rings. The van der Waals surface area contributed by atoms with Gasteiger partial charge in [-0.1, -0.05) is 12.1 Å². The van der Waals surface area contributed by atoms with Crippen LogP contribution in [0, 0.1) is 5.82 Å². The number of hydrogen-bond donors (Lipinski definition) is 2. The molecule has 2 N–H and O–H groups in total. The van der Waals surface area contributed by atoms with E-state index in [1.165, 1.54) is 18.2 Å². The van der Waals surface area contributed by atoms with Crippen LogP contribution in [0.5, 0.6) is 0 Å². The van der Waals surface area contributed by atoms with Gasteiger partial charge in [0.05, 0.1) is 11.9 Å². The number of nitrogens with one attached hydrogen (secondary N) is 2. The van der Waals surface area contributed by atoms with E-state index in [4.69, 9.17) is 0 Å². The molecule has 0 bridgehead atoms. The summed E-state index contributed by atoms with van der Waals surface area (Å²) in [5.74, 6) is -0.248. The van der Waals surface area contributed by atoms with Crippen LogP contribution in [0.3, 0.4) is 0 Å². The number of rotatable bonds is 2. The van der Waals surface area contributed by atoms with Crippen molar-refractivity contribution in [3.63, 3.8) is 0 Å². The van der Waals surface area contributed by atoms with Crippen molar-refractivity contribution < 1.29 is 22.4 Å². The summed E-state index contributed by atoms with van der Waals surface area (Å²) in [6.45, 7) is -0.0329. The Morgan fingerprint density at radius 3 is 2.75 bits per heavy atom. The molecule has 2 heterocycles. The molecule has 0 radical (unpaired) electrons. The maximum absolute atomic E-state index is 13.5. The quantitative estimate of drug-likeness (QED) is 0.824. The smallest absolute Gasteiger partial charge is 0.333 e. The van der Waals surface area contributed by atoms with E-state index in [1.54, 1.807) is 6.07 Å². The fourth-order valence-electron chi connectivity index (χ4n) is 2.68. The summed E-state index contributed by atoms with van der Waals surface area (Å²) in [7, 11) is 0. The molecular weight excluding hydrogens is 328 g/mol. The predicted octanol–water partition coefficient (Wildman–Crippen LogP) is 3.18. The average molecular weight is 342 g/mol. The van der Waals surface area contributed by atoms with E-state index in [0.717, 1.165) is 10.8 Å². The largest absolute Gasteiger partial charge is 0.433 e. The number of fused-ring (bicyclic) bond motifs is 1. The Morgan fingerprint density at radius 2 is 2.04 bits per heavy atom. The zero-order valence-electron chi connectivity index (χ0n) is 12.4. The van der Waals surface area contributed by atoms with Crippen LogP contribution >= 0.6 is 0 Å². The van der Waals surface area contributed by atoms with Crippen molar-refractivity contribution in [3.05, 3.63) is 47.8 Å². The van der Waals surface area contributed by atoms with Gasteiger partial charge in [0, 0.05) is 19.0 Å². The summed E-state index contributed by atoms with van der Waals surface area (Å²) in [5, 5.41) is 4.92. The molecule has 128 valence electrons. The molecule has 1 atom stereocenters. The molecule has 3 rings (SSSR count). The highest BCUT2D eigenvalue weighted by molar-refractivity contribution is 5.89. The molecule has 0 saturated carbocycles. The number of benzene rings is 1. The minimum absolute atomic E-state index is 0.00473.